The van der Waals surface area contributed by atoms with Crippen molar-refractivity contribution in [3.05, 3.63) is 60.4 Å². The zero-order valence-corrected chi connectivity index (χ0v) is 17.2. The predicted octanol–water partition coefficient (Wildman–Crippen LogP) is 2.21. The van der Waals surface area contributed by atoms with Crippen LogP contribution in [0.5, 0.6) is 0 Å². The molecule has 0 bridgehead atoms. The van der Waals surface area contributed by atoms with Gasteiger partial charge in [0.05, 0.1) is 24.6 Å². The Morgan fingerprint density at radius 1 is 1.13 bits per heavy atom. The Hall–Kier alpha value is -3.83. The Morgan fingerprint density at radius 2 is 2.00 bits per heavy atom. The lowest BCUT2D eigenvalue weighted by molar-refractivity contribution is -0.115. The molecule has 0 saturated carbocycles. The molecule has 0 fully saturated rings. The molecule has 5 rings (SSSR count). The molecule has 3 N–H and O–H groups in total. The van der Waals surface area contributed by atoms with Gasteiger partial charge in [0.2, 0.25) is 15.9 Å². The Balaban J connectivity index is 1.49. The molecular formula is C20H18N7O3S+. The maximum absolute atomic E-state index is 11.6. The lowest BCUT2D eigenvalue weighted by Crippen LogP contribution is -2.44. The minimum atomic E-state index is -3.42. The number of amidine groups is 1. The highest BCUT2D eigenvalue weighted by Crippen LogP contribution is 2.33. The summed E-state index contributed by atoms with van der Waals surface area (Å²) >= 11 is 0. The van der Waals surface area contributed by atoms with E-state index in [1.54, 1.807) is 36.8 Å². The zero-order valence-electron chi connectivity index (χ0n) is 16.4. The van der Waals surface area contributed by atoms with Crippen molar-refractivity contribution in [2.75, 3.05) is 21.6 Å². The number of fused-ring (bicyclic) bond motifs is 2. The standard InChI is InChI=1S/C20H17N7O3S/c1-31(29,30)26-15-3-2-4-16(11-15)27-8-7-21-12-18(27)24-20(25-27)22-14-5-6-17-13(9-14)10-19(28)23-17/h2-9,11-12,26H,10H2,1H3,(H-,21,22,23,24,25,28)/p+1. The van der Waals surface area contributed by atoms with Crippen molar-refractivity contribution in [3.63, 3.8) is 0 Å². The highest BCUT2D eigenvalue weighted by molar-refractivity contribution is 7.92. The largest absolute Gasteiger partial charge is 0.326 e. The van der Waals surface area contributed by atoms with Gasteiger partial charge in [0.1, 0.15) is 6.21 Å². The third-order valence-electron chi connectivity index (χ3n) is 4.91. The average Bonchev–Trinajstić information content (AvgIpc) is 3.26. The zero-order chi connectivity index (χ0) is 21.6. The maximum atomic E-state index is 11.6. The molecule has 0 saturated heterocycles. The second-order valence-corrected chi connectivity index (χ2v) is 9.05. The normalized spacial score (nSPS) is 21.1. The fourth-order valence-electron chi connectivity index (χ4n) is 3.64. The molecule has 0 aromatic heterocycles. The van der Waals surface area contributed by atoms with Crippen molar-refractivity contribution in [1.82, 2.24) is 4.59 Å². The highest BCUT2D eigenvalue weighted by atomic mass is 32.2. The molecule has 0 radical (unpaired) electrons. The van der Waals surface area contributed by atoms with Gasteiger partial charge in [0.25, 0.3) is 11.8 Å². The first-order valence-electron chi connectivity index (χ1n) is 9.38. The van der Waals surface area contributed by atoms with E-state index in [4.69, 9.17) is 5.10 Å². The summed E-state index contributed by atoms with van der Waals surface area (Å²) in [4.78, 5) is 20.3. The maximum Gasteiger partial charge on any atom is 0.287 e. The number of quaternary nitrogens is 1. The molecule has 0 aliphatic carbocycles. The molecule has 3 aliphatic heterocycles. The van der Waals surface area contributed by atoms with Crippen LogP contribution in [-0.2, 0) is 21.2 Å². The third kappa shape index (κ3) is 3.60. The van der Waals surface area contributed by atoms with E-state index in [0.717, 1.165) is 23.2 Å². The SMILES string of the molecule is CS(=O)(=O)Nc1cccc([N+]23C=CN=CC2=NC(Nc2ccc4c(c2)CC(=O)N4)=N3)c1. The van der Waals surface area contributed by atoms with E-state index in [2.05, 4.69) is 25.3 Å². The molecule has 3 aliphatic rings. The fourth-order valence-corrected chi connectivity index (χ4v) is 4.19. The van der Waals surface area contributed by atoms with Crippen molar-refractivity contribution in [2.45, 2.75) is 6.42 Å². The van der Waals surface area contributed by atoms with Crippen molar-refractivity contribution >= 4 is 56.7 Å². The molecule has 1 unspecified atom stereocenters. The van der Waals surface area contributed by atoms with Gasteiger partial charge in [-0.3, -0.25) is 14.5 Å². The fraction of sp³-hybridized carbons (Fsp3) is 0.100. The van der Waals surface area contributed by atoms with Gasteiger partial charge in [0.15, 0.2) is 11.9 Å². The molecule has 2 aromatic rings. The summed E-state index contributed by atoms with van der Waals surface area (Å²) in [6.45, 7) is 0. The van der Waals surface area contributed by atoms with E-state index in [-0.39, 0.29) is 10.5 Å². The van der Waals surface area contributed by atoms with Crippen molar-refractivity contribution in [2.24, 2.45) is 15.1 Å². The topological polar surface area (TPSA) is 124 Å². The van der Waals surface area contributed by atoms with Crippen LogP contribution in [0.2, 0.25) is 0 Å². The van der Waals surface area contributed by atoms with E-state index < -0.39 is 10.0 Å². The number of carbonyl (C=O) groups excluding carboxylic acids is 1. The van der Waals surface area contributed by atoms with E-state index in [1.807, 2.05) is 24.3 Å². The predicted molar refractivity (Wildman–Crippen MR) is 122 cm³/mol. The van der Waals surface area contributed by atoms with Crippen LogP contribution < -0.4 is 19.9 Å². The number of rotatable bonds is 4. The molecule has 156 valence electrons. The van der Waals surface area contributed by atoms with Crippen LogP contribution in [0, 0.1) is 0 Å². The van der Waals surface area contributed by atoms with Gasteiger partial charge in [0, 0.05) is 23.5 Å². The van der Waals surface area contributed by atoms with Crippen LogP contribution >= 0.6 is 0 Å². The molecular weight excluding hydrogens is 418 g/mol. The lowest BCUT2D eigenvalue weighted by Gasteiger charge is -2.24. The molecule has 1 atom stereocenters. The van der Waals surface area contributed by atoms with Gasteiger partial charge in [-0.2, -0.15) is 4.99 Å². The Morgan fingerprint density at radius 3 is 2.84 bits per heavy atom. The van der Waals surface area contributed by atoms with Crippen LogP contribution in [0.3, 0.4) is 0 Å². The van der Waals surface area contributed by atoms with Gasteiger partial charge in [-0.15, -0.1) is 0 Å². The van der Waals surface area contributed by atoms with Gasteiger partial charge < -0.3 is 10.6 Å². The summed E-state index contributed by atoms with van der Waals surface area (Å²) in [5.41, 5.74) is 3.58. The van der Waals surface area contributed by atoms with Gasteiger partial charge >= 0.3 is 0 Å². The molecule has 31 heavy (non-hydrogen) atoms. The number of amides is 1. The first-order valence-corrected chi connectivity index (χ1v) is 11.3. The van der Waals surface area contributed by atoms with Gasteiger partial charge in [-0.1, -0.05) is 10.7 Å². The van der Waals surface area contributed by atoms with Crippen LogP contribution in [-0.4, -0.2) is 38.6 Å². The number of benzene rings is 2. The summed E-state index contributed by atoms with van der Waals surface area (Å²) in [5.74, 6) is 0.891. The quantitative estimate of drug-likeness (QED) is 0.636. The van der Waals surface area contributed by atoms with Gasteiger partial charge in [-0.05, 0) is 34.9 Å². The summed E-state index contributed by atoms with van der Waals surface area (Å²) in [7, 11) is -3.42. The lowest BCUT2D eigenvalue weighted by atomic mass is 10.1. The van der Waals surface area contributed by atoms with Crippen molar-refractivity contribution in [3.8, 4) is 0 Å². The first-order chi connectivity index (χ1) is 14.8. The molecule has 1 amide bonds. The number of aliphatic imine (C=N–C) groups is 2. The number of hydrogen-bond donors (Lipinski definition) is 3. The van der Waals surface area contributed by atoms with E-state index in [9.17, 15) is 13.2 Å². The second-order valence-electron chi connectivity index (χ2n) is 7.30. The molecule has 3 heterocycles. The van der Waals surface area contributed by atoms with Crippen LogP contribution in [0.25, 0.3) is 0 Å². The summed E-state index contributed by atoms with van der Waals surface area (Å²) in [6, 6.07) is 12.5. The van der Waals surface area contributed by atoms with Crippen LogP contribution in [0.15, 0.2) is 70.0 Å². The minimum absolute atomic E-state index is 0.0313. The number of guanidine groups is 1. The number of anilines is 3. The monoisotopic (exact) mass is 436 g/mol. The molecule has 0 spiro atoms. The number of sulfonamides is 1. The number of hydrogen-bond acceptors (Lipinski definition) is 7. The van der Waals surface area contributed by atoms with E-state index in [0.29, 0.717) is 29.6 Å². The van der Waals surface area contributed by atoms with E-state index >= 15 is 0 Å². The Bertz CT molecular complexity index is 1340. The highest BCUT2D eigenvalue weighted by Gasteiger charge is 2.43. The Kier molecular flexibility index (Phi) is 4.24. The van der Waals surface area contributed by atoms with Crippen LogP contribution in [0.4, 0.5) is 22.7 Å². The van der Waals surface area contributed by atoms with E-state index in [1.165, 1.54) is 0 Å². The summed E-state index contributed by atoms with van der Waals surface area (Å²) in [5, 5.41) is 10.7. The van der Waals surface area contributed by atoms with Crippen molar-refractivity contribution in [1.29, 1.82) is 0 Å². The van der Waals surface area contributed by atoms with Gasteiger partial charge in [-0.25, -0.2) is 8.42 Å². The number of nitrogens with zero attached hydrogens (tertiary/aromatic N) is 4. The average molecular weight is 436 g/mol. The number of carbonyl (C=O) groups is 1. The molecule has 11 heteroatoms. The molecule has 2 aromatic carbocycles. The van der Waals surface area contributed by atoms with Crippen LogP contribution in [0.1, 0.15) is 5.56 Å². The Labute approximate surface area is 178 Å². The summed E-state index contributed by atoms with van der Waals surface area (Å²) < 4.78 is 25.7. The first kappa shape index (κ1) is 19.2. The third-order valence-corrected chi connectivity index (χ3v) is 5.52. The molecule has 10 nitrogen and oxygen atoms in total. The summed E-state index contributed by atoms with van der Waals surface area (Å²) in [6.07, 6.45) is 6.43. The second kappa shape index (κ2) is 6.86. The smallest absolute Gasteiger partial charge is 0.287 e. The van der Waals surface area contributed by atoms with Crippen molar-refractivity contribution < 1.29 is 13.2 Å². The number of nitrogens with one attached hydrogen (secondary N) is 3. The minimum Gasteiger partial charge on any atom is -0.326 e.